The highest BCUT2D eigenvalue weighted by molar-refractivity contribution is 7.49. The third-order valence-electron chi connectivity index (χ3n) is 15.7. The van der Waals surface area contributed by atoms with E-state index in [-0.39, 0.29) is 17.2 Å². The zero-order chi connectivity index (χ0) is 64.5. The van der Waals surface area contributed by atoms with Crippen molar-refractivity contribution in [3.8, 4) is 17.2 Å². The molecule has 0 aliphatic rings. The van der Waals surface area contributed by atoms with Gasteiger partial charge >= 0.3 is 7.82 Å². The Morgan fingerprint density at radius 3 is 0.505 bits per heavy atom. The van der Waals surface area contributed by atoms with Gasteiger partial charge in [-0.1, -0.05) is 401 Å². The van der Waals surface area contributed by atoms with E-state index in [1.54, 1.807) is 0 Å². The van der Waals surface area contributed by atoms with Crippen molar-refractivity contribution in [2.45, 2.75) is 0 Å². The second-order valence-corrected chi connectivity index (χ2v) is 23.8. The number of rotatable bonds is 24. The van der Waals surface area contributed by atoms with Crippen molar-refractivity contribution in [3.63, 3.8) is 0 Å². The molecule has 0 atom stereocenters. The Kier molecular flexibility index (Phi) is 21.4. The van der Waals surface area contributed by atoms with E-state index in [0.29, 0.717) is 16.7 Å². The number of hydrogen-bond donors (Lipinski definition) is 0. The third-order valence-corrected chi connectivity index (χ3v) is 17.0. The molecule has 0 saturated heterocycles. The molecular formula is C90H69O4P. The van der Waals surface area contributed by atoms with Gasteiger partial charge in [0.15, 0.2) is 0 Å². The molecule has 0 heterocycles. The molecule has 0 fully saturated rings. The monoisotopic (exact) mass is 1240 g/mol. The maximum absolute atomic E-state index is 17.4. The molecule has 0 spiro atoms. The molecule has 5 heteroatoms. The molecule has 4 nitrogen and oxygen atoms in total. The maximum Gasteiger partial charge on any atom is 0.647 e. The lowest BCUT2D eigenvalue weighted by atomic mass is 9.96. The van der Waals surface area contributed by atoms with Crippen molar-refractivity contribution in [1.29, 1.82) is 0 Å². The molecule has 0 radical (unpaired) electrons. The van der Waals surface area contributed by atoms with Crippen molar-refractivity contribution >= 4 is 117 Å². The normalized spacial score (nSPS) is 12.1. The minimum absolute atomic E-state index is 0.256. The second kappa shape index (κ2) is 32.3. The first kappa shape index (κ1) is 63.1. The van der Waals surface area contributed by atoms with E-state index in [1.807, 2.05) is 273 Å². The molecule has 0 aromatic heterocycles. The molecule has 0 N–H and O–H groups in total. The van der Waals surface area contributed by atoms with Gasteiger partial charge in [0, 0.05) is 16.7 Å². The zero-order valence-corrected chi connectivity index (χ0v) is 53.3. The van der Waals surface area contributed by atoms with Gasteiger partial charge in [0.25, 0.3) is 0 Å². The van der Waals surface area contributed by atoms with Crippen LogP contribution in [0.15, 0.2) is 309 Å². The summed E-state index contributed by atoms with van der Waals surface area (Å²) in [6.07, 6.45) is 37.3. The van der Waals surface area contributed by atoms with Crippen molar-refractivity contribution < 1.29 is 18.1 Å². The average Bonchev–Trinajstić information content (AvgIpc) is 0.800. The van der Waals surface area contributed by atoms with Gasteiger partial charge in [0.2, 0.25) is 0 Å². The van der Waals surface area contributed by atoms with Gasteiger partial charge in [0.05, 0.1) is 0 Å². The van der Waals surface area contributed by atoms with Crippen LogP contribution in [-0.2, 0) is 4.57 Å². The van der Waals surface area contributed by atoms with E-state index in [9.17, 15) is 0 Å². The SMILES string of the molecule is O=P(Oc1ccc(/C=C/c2ccccc2)c(/C=C/c2ccccc2)c1/C=C/c1ccccc1)(Oc1ccc(/C=C/c2ccccc2)c(/C=C/c2ccccc2)c1/C=C/c1ccccc1)Oc1ccc(/C=C/c2ccccc2)c(/C=C/c2ccccc2)c1/C=C/c1ccccc1. The lowest BCUT2D eigenvalue weighted by molar-refractivity contribution is 0.297. The summed E-state index contributed by atoms with van der Waals surface area (Å²) in [4.78, 5) is 0. The van der Waals surface area contributed by atoms with E-state index >= 15 is 4.57 Å². The van der Waals surface area contributed by atoms with Gasteiger partial charge < -0.3 is 13.6 Å². The van der Waals surface area contributed by atoms with Crippen molar-refractivity contribution in [3.05, 3.63) is 410 Å². The Balaban J connectivity index is 1.11. The van der Waals surface area contributed by atoms with Crippen LogP contribution in [0.1, 0.15) is 100 Å². The quantitative estimate of drug-likeness (QED) is 0.0447. The van der Waals surface area contributed by atoms with Crippen LogP contribution < -0.4 is 13.6 Å². The lowest BCUT2D eigenvalue weighted by Gasteiger charge is -2.24. The first-order valence-electron chi connectivity index (χ1n) is 31.7. The second-order valence-electron chi connectivity index (χ2n) is 22.4. The molecule has 12 rings (SSSR count). The summed E-state index contributed by atoms with van der Waals surface area (Å²) in [7, 11) is -5.01. The molecule has 12 aromatic rings. The Hall–Kier alpha value is -12.1. The van der Waals surface area contributed by atoms with E-state index in [2.05, 4.69) is 146 Å². The molecule has 0 bridgehead atoms. The summed E-state index contributed by atoms with van der Waals surface area (Å²) in [5.74, 6) is 0.767. The first-order chi connectivity index (χ1) is 46.9. The summed E-state index contributed by atoms with van der Waals surface area (Å²) in [5, 5.41) is 0. The Labute approximate surface area is 558 Å². The Morgan fingerprint density at radius 2 is 0.326 bits per heavy atom. The average molecular weight is 1250 g/mol. The fourth-order valence-electron chi connectivity index (χ4n) is 10.8. The van der Waals surface area contributed by atoms with Crippen LogP contribution in [0.4, 0.5) is 0 Å². The van der Waals surface area contributed by atoms with Crippen LogP contribution in [-0.4, -0.2) is 0 Å². The van der Waals surface area contributed by atoms with Crippen molar-refractivity contribution in [2.24, 2.45) is 0 Å². The first-order valence-corrected chi connectivity index (χ1v) is 33.2. The summed E-state index contributed by atoms with van der Waals surface area (Å²) >= 11 is 0. The Morgan fingerprint density at radius 1 is 0.168 bits per heavy atom. The molecule has 0 saturated carbocycles. The van der Waals surface area contributed by atoms with Gasteiger partial charge in [-0.2, -0.15) is 4.57 Å². The highest BCUT2D eigenvalue weighted by atomic mass is 31.2. The van der Waals surface area contributed by atoms with Crippen LogP contribution in [0, 0.1) is 0 Å². The molecule has 0 unspecified atom stereocenters. The number of phosphoric ester groups is 1. The molecule has 95 heavy (non-hydrogen) atoms. The largest absolute Gasteiger partial charge is 0.647 e. The smallest absolute Gasteiger partial charge is 0.385 e. The standard InChI is InChI=1S/C90H69O4P/c91-95(92-88-67-58-79(55-46-70-28-10-1-11-29-70)82(61-49-73-34-16-4-17-35-73)85(88)64-52-76-40-22-7-23-41-76,93-89-68-59-80(56-47-71-30-12-2-13-31-71)83(62-50-74-36-18-5-19-37-74)86(89)65-53-77-42-24-8-25-43-77)94-90-69-60-81(57-48-72-32-14-3-15-33-72)84(63-51-75-38-20-6-21-39-75)87(90)66-54-78-44-26-9-27-45-78/h1-69H/b55-46+,56-47+,57-48+,61-49+,62-50+,63-51+,64-52+,65-53+,66-54+. The predicted octanol–water partition coefficient (Wildman–Crippen LogP) is 24.9. The highest BCUT2D eigenvalue weighted by Crippen LogP contribution is 2.54. The van der Waals surface area contributed by atoms with Crippen LogP contribution in [0.5, 0.6) is 17.2 Å². The van der Waals surface area contributed by atoms with Crippen molar-refractivity contribution in [1.82, 2.24) is 0 Å². The summed E-state index contributed by atoms with van der Waals surface area (Å²) in [6, 6.07) is 103. The van der Waals surface area contributed by atoms with Crippen LogP contribution in [0.25, 0.3) is 109 Å². The van der Waals surface area contributed by atoms with Crippen molar-refractivity contribution in [2.75, 3.05) is 0 Å². The van der Waals surface area contributed by atoms with Gasteiger partial charge in [0.1, 0.15) is 17.2 Å². The summed E-state index contributed by atoms with van der Waals surface area (Å²) in [5.41, 5.74) is 16.0. The minimum atomic E-state index is -5.01. The van der Waals surface area contributed by atoms with Crippen LogP contribution in [0.3, 0.4) is 0 Å². The third kappa shape index (κ3) is 17.9. The van der Waals surface area contributed by atoms with Gasteiger partial charge in [-0.05, 0) is 102 Å². The van der Waals surface area contributed by atoms with Gasteiger partial charge in [-0.15, -0.1) is 0 Å². The number of hydrogen-bond acceptors (Lipinski definition) is 4. The van der Waals surface area contributed by atoms with Gasteiger partial charge in [-0.3, -0.25) is 0 Å². The molecule has 0 aliphatic heterocycles. The Bertz CT molecular complexity index is 4310. The van der Waals surface area contributed by atoms with Crippen LogP contribution in [0.2, 0.25) is 0 Å². The van der Waals surface area contributed by atoms with Gasteiger partial charge in [-0.25, -0.2) is 0 Å². The maximum atomic E-state index is 17.4. The lowest BCUT2D eigenvalue weighted by Crippen LogP contribution is -2.11. The molecule has 0 amide bonds. The minimum Gasteiger partial charge on any atom is -0.385 e. The molecule has 12 aromatic carbocycles. The van der Waals surface area contributed by atoms with E-state index in [0.717, 1.165) is 83.5 Å². The van der Waals surface area contributed by atoms with Crippen LogP contribution >= 0.6 is 7.82 Å². The molecule has 0 aliphatic carbocycles. The summed E-state index contributed by atoms with van der Waals surface area (Å²) in [6.45, 7) is 0. The number of phosphoric acid groups is 1. The predicted molar refractivity (Wildman–Crippen MR) is 407 cm³/mol. The summed E-state index contributed by atoms with van der Waals surface area (Å²) < 4.78 is 39.2. The fourth-order valence-corrected chi connectivity index (χ4v) is 12.1. The van der Waals surface area contributed by atoms with E-state index < -0.39 is 7.82 Å². The topological polar surface area (TPSA) is 44.8 Å². The molecular weight excluding hydrogens is 1180 g/mol. The highest BCUT2D eigenvalue weighted by Gasteiger charge is 2.37. The van der Waals surface area contributed by atoms with E-state index in [4.69, 9.17) is 13.6 Å². The number of benzene rings is 12. The molecule has 458 valence electrons. The van der Waals surface area contributed by atoms with E-state index in [1.165, 1.54) is 0 Å². The fraction of sp³-hybridized carbons (Fsp3) is 0. The zero-order valence-electron chi connectivity index (χ0n) is 52.4.